The minimum atomic E-state index is 0.680. The lowest BCUT2D eigenvalue weighted by atomic mass is 10.2. The highest BCUT2D eigenvalue weighted by molar-refractivity contribution is 7.15. The minimum absolute atomic E-state index is 0.680. The van der Waals surface area contributed by atoms with Gasteiger partial charge in [0.2, 0.25) is 0 Å². The first kappa shape index (κ1) is 11.2. The van der Waals surface area contributed by atoms with Crippen molar-refractivity contribution in [2.75, 3.05) is 20.1 Å². The van der Waals surface area contributed by atoms with Crippen molar-refractivity contribution in [3.63, 3.8) is 0 Å². The number of thiazole rings is 1. The summed E-state index contributed by atoms with van der Waals surface area (Å²) < 4.78 is 2.11. The Balaban J connectivity index is 1.71. The lowest BCUT2D eigenvalue weighted by Gasteiger charge is -2.23. The van der Waals surface area contributed by atoms with Crippen LogP contribution in [0.25, 0.3) is 4.96 Å². The molecule has 1 aliphatic heterocycles. The molecule has 0 spiro atoms. The van der Waals surface area contributed by atoms with Crippen LogP contribution in [0.5, 0.6) is 0 Å². The quantitative estimate of drug-likeness (QED) is 0.894. The Bertz CT molecular complexity index is 461. The minimum Gasteiger partial charge on any atom is -0.318 e. The number of rotatable bonds is 4. The van der Waals surface area contributed by atoms with Gasteiger partial charge in [0.05, 0.1) is 5.69 Å². The van der Waals surface area contributed by atoms with Crippen LogP contribution in [0.15, 0.2) is 17.8 Å². The molecular formula is C12H18N4S. The van der Waals surface area contributed by atoms with E-state index in [4.69, 9.17) is 0 Å². The predicted molar refractivity (Wildman–Crippen MR) is 70.4 cm³/mol. The van der Waals surface area contributed by atoms with Gasteiger partial charge in [-0.15, -0.1) is 11.3 Å². The van der Waals surface area contributed by atoms with E-state index >= 15 is 0 Å². The number of aromatic nitrogens is 2. The smallest absolute Gasteiger partial charge is 0.193 e. The van der Waals surface area contributed by atoms with E-state index in [0.717, 1.165) is 18.1 Å². The number of nitrogens with one attached hydrogen (secondary N) is 1. The molecule has 0 amide bonds. The van der Waals surface area contributed by atoms with Crippen LogP contribution < -0.4 is 5.32 Å². The number of hydrogen-bond acceptors (Lipinski definition) is 4. The third-order valence-corrected chi connectivity index (χ3v) is 4.22. The zero-order valence-corrected chi connectivity index (χ0v) is 10.9. The van der Waals surface area contributed by atoms with E-state index < -0.39 is 0 Å². The van der Waals surface area contributed by atoms with Crippen LogP contribution in [0, 0.1) is 0 Å². The molecule has 17 heavy (non-hydrogen) atoms. The molecule has 0 bridgehead atoms. The topological polar surface area (TPSA) is 32.6 Å². The van der Waals surface area contributed by atoms with Crippen LogP contribution in [-0.4, -0.2) is 40.5 Å². The van der Waals surface area contributed by atoms with Gasteiger partial charge in [-0.2, -0.15) is 0 Å². The van der Waals surface area contributed by atoms with E-state index in [1.54, 1.807) is 11.3 Å². The number of nitrogens with zero attached hydrogens (tertiary/aromatic N) is 3. The lowest BCUT2D eigenvalue weighted by molar-refractivity contribution is 0.240. The van der Waals surface area contributed by atoms with Gasteiger partial charge in [0.25, 0.3) is 0 Å². The predicted octanol–water partition coefficient (Wildman–Crippen LogP) is 1.58. The second-order valence-electron chi connectivity index (χ2n) is 4.65. The summed E-state index contributed by atoms with van der Waals surface area (Å²) >= 11 is 1.70. The van der Waals surface area contributed by atoms with Gasteiger partial charge in [0, 0.05) is 36.9 Å². The maximum Gasteiger partial charge on any atom is 0.193 e. The second-order valence-corrected chi connectivity index (χ2v) is 5.52. The van der Waals surface area contributed by atoms with Gasteiger partial charge >= 0.3 is 0 Å². The number of hydrogen-bond donors (Lipinski definition) is 1. The fourth-order valence-corrected chi connectivity index (χ4v) is 3.35. The molecule has 2 aromatic rings. The van der Waals surface area contributed by atoms with Crippen molar-refractivity contribution < 1.29 is 0 Å². The van der Waals surface area contributed by atoms with E-state index in [9.17, 15) is 0 Å². The summed E-state index contributed by atoms with van der Waals surface area (Å²) in [7, 11) is 2.03. The highest BCUT2D eigenvalue weighted by Gasteiger charge is 2.24. The first-order valence-electron chi connectivity index (χ1n) is 6.16. The van der Waals surface area contributed by atoms with Crippen LogP contribution >= 0.6 is 11.3 Å². The molecule has 4 nitrogen and oxygen atoms in total. The largest absolute Gasteiger partial charge is 0.318 e. The van der Waals surface area contributed by atoms with E-state index in [0.29, 0.717) is 6.04 Å². The van der Waals surface area contributed by atoms with Crippen molar-refractivity contribution in [2.45, 2.75) is 25.4 Å². The third kappa shape index (κ3) is 2.22. The number of likely N-dealkylation sites (tertiary alicyclic amines) is 1. The Labute approximate surface area is 105 Å². The molecule has 0 aromatic carbocycles. The molecule has 0 saturated carbocycles. The van der Waals surface area contributed by atoms with E-state index in [1.165, 1.54) is 25.1 Å². The Morgan fingerprint density at radius 1 is 1.59 bits per heavy atom. The van der Waals surface area contributed by atoms with Gasteiger partial charge in [0.1, 0.15) is 0 Å². The van der Waals surface area contributed by atoms with Crippen LogP contribution in [0.4, 0.5) is 0 Å². The first-order chi connectivity index (χ1) is 8.36. The molecule has 0 radical (unpaired) electrons. The fraction of sp³-hybridized carbons (Fsp3) is 0.583. The number of fused-ring (bicyclic) bond motifs is 1. The van der Waals surface area contributed by atoms with E-state index in [1.807, 2.05) is 7.05 Å². The maximum atomic E-state index is 4.65. The Morgan fingerprint density at radius 3 is 3.35 bits per heavy atom. The molecule has 1 atom stereocenters. The molecule has 5 heteroatoms. The SMILES string of the molecule is CNCC1CCCN1Cc1cn2ccsc2n1. The van der Waals surface area contributed by atoms with Gasteiger partial charge in [-0.1, -0.05) is 0 Å². The number of imidazole rings is 1. The average molecular weight is 250 g/mol. The number of likely N-dealkylation sites (N-methyl/N-ethyl adjacent to an activating group) is 1. The molecule has 1 aliphatic rings. The van der Waals surface area contributed by atoms with Gasteiger partial charge in [-0.3, -0.25) is 9.30 Å². The van der Waals surface area contributed by atoms with Crippen LogP contribution in [0.1, 0.15) is 18.5 Å². The van der Waals surface area contributed by atoms with Crippen molar-refractivity contribution in [1.29, 1.82) is 0 Å². The molecular weight excluding hydrogens is 232 g/mol. The second kappa shape index (κ2) is 4.76. The monoisotopic (exact) mass is 250 g/mol. The lowest BCUT2D eigenvalue weighted by Crippen LogP contribution is -2.36. The summed E-state index contributed by atoms with van der Waals surface area (Å²) in [6, 6.07) is 0.680. The molecule has 0 aliphatic carbocycles. The summed E-state index contributed by atoms with van der Waals surface area (Å²) in [6.07, 6.45) is 6.85. The van der Waals surface area contributed by atoms with Crippen molar-refractivity contribution in [2.24, 2.45) is 0 Å². The highest BCUT2D eigenvalue weighted by atomic mass is 32.1. The zero-order chi connectivity index (χ0) is 11.7. The summed E-state index contributed by atoms with van der Waals surface area (Å²) in [5, 5.41) is 5.36. The molecule has 1 unspecified atom stereocenters. The van der Waals surface area contributed by atoms with Gasteiger partial charge < -0.3 is 5.32 Å². The third-order valence-electron chi connectivity index (χ3n) is 3.45. The van der Waals surface area contributed by atoms with E-state index in [-0.39, 0.29) is 0 Å². The summed E-state index contributed by atoms with van der Waals surface area (Å²) in [5.74, 6) is 0. The Kier molecular flexibility index (Phi) is 3.13. The van der Waals surface area contributed by atoms with Gasteiger partial charge in [-0.05, 0) is 26.4 Å². The molecule has 1 N–H and O–H groups in total. The standard InChI is InChI=1S/C12H18N4S/c1-13-7-11-3-2-4-15(11)8-10-9-16-5-6-17-12(16)14-10/h5-6,9,11,13H,2-4,7-8H2,1H3. The molecule has 3 rings (SSSR count). The van der Waals surface area contributed by atoms with Crippen LogP contribution in [-0.2, 0) is 6.54 Å². The highest BCUT2D eigenvalue weighted by Crippen LogP contribution is 2.20. The Morgan fingerprint density at radius 2 is 2.53 bits per heavy atom. The summed E-state index contributed by atoms with van der Waals surface area (Å²) in [6.45, 7) is 3.28. The average Bonchev–Trinajstić information content (AvgIpc) is 2.95. The van der Waals surface area contributed by atoms with E-state index in [2.05, 4.69) is 37.4 Å². The zero-order valence-electron chi connectivity index (χ0n) is 10.1. The van der Waals surface area contributed by atoms with Crippen molar-refractivity contribution in [3.8, 4) is 0 Å². The molecule has 92 valence electrons. The van der Waals surface area contributed by atoms with Crippen molar-refractivity contribution >= 4 is 16.3 Å². The Hall–Kier alpha value is -0.910. The van der Waals surface area contributed by atoms with Gasteiger partial charge in [-0.25, -0.2) is 4.98 Å². The molecule has 1 saturated heterocycles. The van der Waals surface area contributed by atoms with Gasteiger partial charge in [0.15, 0.2) is 4.96 Å². The van der Waals surface area contributed by atoms with Crippen LogP contribution in [0.3, 0.4) is 0 Å². The van der Waals surface area contributed by atoms with Crippen molar-refractivity contribution in [3.05, 3.63) is 23.5 Å². The fourth-order valence-electron chi connectivity index (χ4n) is 2.63. The maximum absolute atomic E-state index is 4.65. The van der Waals surface area contributed by atoms with Crippen LogP contribution in [0.2, 0.25) is 0 Å². The normalized spacial score (nSPS) is 21.6. The van der Waals surface area contributed by atoms with Crippen molar-refractivity contribution in [1.82, 2.24) is 19.6 Å². The summed E-state index contributed by atoms with van der Waals surface area (Å²) in [5.41, 5.74) is 1.19. The molecule has 3 heterocycles. The molecule has 2 aromatic heterocycles. The first-order valence-corrected chi connectivity index (χ1v) is 7.04. The molecule has 1 fully saturated rings. The summed E-state index contributed by atoms with van der Waals surface area (Å²) in [4.78, 5) is 8.30.